The van der Waals surface area contributed by atoms with E-state index in [9.17, 15) is 4.79 Å². The van der Waals surface area contributed by atoms with E-state index in [1.54, 1.807) is 0 Å². The fourth-order valence-electron chi connectivity index (χ4n) is 2.68. The van der Waals surface area contributed by atoms with Crippen LogP contribution in [0.25, 0.3) is 0 Å². The van der Waals surface area contributed by atoms with E-state index in [0.717, 1.165) is 32.2 Å². The summed E-state index contributed by atoms with van der Waals surface area (Å²) >= 11 is 5.94. The molecule has 2 aliphatic rings. The summed E-state index contributed by atoms with van der Waals surface area (Å²) in [6.45, 7) is 3.47. The van der Waals surface area contributed by atoms with Crippen molar-refractivity contribution in [2.75, 3.05) is 19.0 Å². The molecule has 0 aromatic heterocycles. The zero-order valence-electron chi connectivity index (χ0n) is 9.88. The average Bonchev–Trinajstić information content (AvgIpc) is 2.76. The zero-order chi connectivity index (χ0) is 11.6. The smallest absolute Gasteiger partial charge is 0.254 e. The van der Waals surface area contributed by atoms with Crippen molar-refractivity contribution >= 4 is 17.5 Å². The largest absolute Gasteiger partial charge is 0.365 e. The number of nitrogens with zero attached hydrogens (tertiary/aromatic N) is 1. The number of carbonyl (C=O) groups excluding carboxylic acids is 1. The van der Waals surface area contributed by atoms with Crippen LogP contribution in [0.5, 0.6) is 0 Å². The van der Waals surface area contributed by atoms with Crippen LogP contribution >= 0.6 is 11.6 Å². The van der Waals surface area contributed by atoms with Crippen LogP contribution < -0.4 is 0 Å². The molecule has 0 radical (unpaired) electrons. The maximum Gasteiger partial charge on any atom is 0.254 e. The van der Waals surface area contributed by atoms with Gasteiger partial charge in [0.05, 0.1) is 0 Å². The summed E-state index contributed by atoms with van der Waals surface area (Å²) in [6, 6.07) is 0.212. The van der Waals surface area contributed by atoms with Crippen molar-refractivity contribution in [3.63, 3.8) is 0 Å². The van der Waals surface area contributed by atoms with E-state index in [1.807, 2.05) is 11.8 Å². The third kappa shape index (κ3) is 2.21. The number of hydrogen-bond donors (Lipinski definition) is 0. The molecule has 0 aromatic carbocycles. The number of alkyl halides is 1. The van der Waals surface area contributed by atoms with Crippen molar-refractivity contribution in [1.29, 1.82) is 0 Å². The number of piperidine rings is 1. The van der Waals surface area contributed by atoms with E-state index in [1.165, 1.54) is 6.42 Å². The van der Waals surface area contributed by atoms with E-state index in [-0.39, 0.29) is 11.9 Å². The normalized spacial score (nSPS) is 35.4. The Hall–Kier alpha value is -0.280. The van der Waals surface area contributed by atoms with Crippen molar-refractivity contribution in [3.8, 4) is 0 Å². The molecule has 16 heavy (non-hydrogen) atoms. The molecule has 0 N–H and O–H groups in total. The second kappa shape index (κ2) is 4.92. The molecule has 2 rings (SSSR count). The second-order valence-corrected chi connectivity index (χ2v) is 5.29. The van der Waals surface area contributed by atoms with Crippen molar-refractivity contribution in [2.45, 2.75) is 50.7 Å². The Morgan fingerprint density at radius 2 is 2.31 bits per heavy atom. The van der Waals surface area contributed by atoms with Gasteiger partial charge in [0.15, 0.2) is 0 Å². The number of hydrogen-bond acceptors (Lipinski definition) is 2. The number of halogens is 1. The minimum Gasteiger partial charge on any atom is -0.365 e. The van der Waals surface area contributed by atoms with E-state index >= 15 is 0 Å². The highest BCUT2D eigenvalue weighted by atomic mass is 35.5. The van der Waals surface area contributed by atoms with Gasteiger partial charge in [0, 0.05) is 25.1 Å². The van der Waals surface area contributed by atoms with E-state index < -0.39 is 5.60 Å². The van der Waals surface area contributed by atoms with Crippen LogP contribution in [0, 0.1) is 0 Å². The number of ether oxygens (including phenoxy) is 1. The van der Waals surface area contributed by atoms with Gasteiger partial charge in [-0.1, -0.05) is 0 Å². The fourth-order valence-corrected chi connectivity index (χ4v) is 3.00. The van der Waals surface area contributed by atoms with Crippen molar-refractivity contribution in [1.82, 2.24) is 4.90 Å². The van der Waals surface area contributed by atoms with Crippen LogP contribution in [-0.4, -0.2) is 41.5 Å². The molecule has 2 unspecified atom stereocenters. The van der Waals surface area contributed by atoms with Crippen molar-refractivity contribution < 1.29 is 9.53 Å². The second-order valence-electron chi connectivity index (χ2n) is 4.99. The third-order valence-electron chi connectivity index (χ3n) is 3.74. The summed E-state index contributed by atoms with van der Waals surface area (Å²) in [7, 11) is 0. The predicted octanol–water partition coefficient (Wildman–Crippen LogP) is 2.18. The third-order valence-corrected chi connectivity index (χ3v) is 4.09. The van der Waals surface area contributed by atoms with Gasteiger partial charge in [0.2, 0.25) is 0 Å². The molecule has 2 fully saturated rings. The molecule has 0 aromatic rings. The maximum atomic E-state index is 12.4. The standard InChI is InChI=1S/C12H20ClNO2/c1-12(6-4-8-16-12)11(15)14-7-3-2-5-10(14)9-13/h10H,2-9H2,1H3. The SMILES string of the molecule is CC1(C(=O)N2CCCCC2CCl)CCCO1. The van der Waals surface area contributed by atoms with Gasteiger partial charge in [-0.2, -0.15) is 0 Å². The zero-order valence-corrected chi connectivity index (χ0v) is 10.6. The summed E-state index contributed by atoms with van der Waals surface area (Å²) in [4.78, 5) is 14.4. The molecule has 0 bridgehead atoms. The Labute approximate surface area is 102 Å². The number of rotatable bonds is 2. The van der Waals surface area contributed by atoms with Crippen LogP contribution in [0.15, 0.2) is 0 Å². The minimum atomic E-state index is -0.582. The van der Waals surface area contributed by atoms with Crippen molar-refractivity contribution in [3.05, 3.63) is 0 Å². The lowest BCUT2D eigenvalue weighted by molar-refractivity contribution is -0.154. The Balaban J connectivity index is 2.07. The number of carbonyl (C=O) groups is 1. The first-order chi connectivity index (χ1) is 7.67. The lowest BCUT2D eigenvalue weighted by atomic mass is 9.96. The monoisotopic (exact) mass is 245 g/mol. The van der Waals surface area contributed by atoms with Crippen LogP contribution in [0.1, 0.15) is 39.0 Å². The molecule has 0 spiro atoms. The van der Waals surface area contributed by atoms with Gasteiger partial charge in [-0.3, -0.25) is 4.79 Å². The molecule has 3 nitrogen and oxygen atoms in total. The van der Waals surface area contributed by atoms with Crippen LogP contribution in [-0.2, 0) is 9.53 Å². The highest BCUT2D eigenvalue weighted by Crippen LogP contribution is 2.30. The molecule has 4 heteroatoms. The molecule has 2 aliphatic heterocycles. The average molecular weight is 246 g/mol. The van der Waals surface area contributed by atoms with Gasteiger partial charge in [-0.15, -0.1) is 11.6 Å². The maximum absolute atomic E-state index is 12.4. The van der Waals surface area contributed by atoms with E-state index in [0.29, 0.717) is 12.5 Å². The Morgan fingerprint density at radius 3 is 2.94 bits per heavy atom. The first-order valence-electron chi connectivity index (χ1n) is 6.18. The Morgan fingerprint density at radius 1 is 1.50 bits per heavy atom. The van der Waals surface area contributed by atoms with Crippen molar-refractivity contribution in [2.24, 2.45) is 0 Å². The lowest BCUT2D eigenvalue weighted by Gasteiger charge is -2.39. The lowest BCUT2D eigenvalue weighted by Crippen LogP contribution is -2.53. The van der Waals surface area contributed by atoms with Crippen LogP contribution in [0.4, 0.5) is 0 Å². The fraction of sp³-hybridized carbons (Fsp3) is 0.917. The predicted molar refractivity (Wildman–Crippen MR) is 63.7 cm³/mol. The van der Waals surface area contributed by atoms with Gasteiger partial charge in [-0.25, -0.2) is 0 Å². The van der Waals surface area contributed by atoms with E-state index in [4.69, 9.17) is 16.3 Å². The summed E-state index contributed by atoms with van der Waals surface area (Å²) in [5.41, 5.74) is -0.582. The molecule has 1 amide bonds. The summed E-state index contributed by atoms with van der Waals surface area (Å²) in [5.74, 6) is 0.692. The topological polar surface area (TPSA) is 29.5 Å². The van der Waals surface area contributed by atoms with Crippen LogP contribution in [0.3, 0.4) is 0 Å². The molecule has 2 atom stereocenters. The van der Waals surface area contributed by atoms with Gasteiger partial charge >= 0.3 is 0 Å². The molecule has 2 saturated heterocycles. The Bertz CT molecular complexity index is 264. The first-order valence-corrected chi connectivity index (χ1v) is 6.72. The molecule has 92 valence electrons. The minimum absolute atomic E-state index is 0.148. The van der Waals surface area contributed by atoms with Crippen LogP contribution in [0.2, 0.25) is 0 Å². The molecular weight excluding hydrogens is 226 g/mol. The van der Waals surface area contributed by atoms with Gasteiger partial charge < -0.3 is 9.64 Å². The highest BCUT2D eigenvalue weighted by Gasteiger charge is 2.42. The van der Waals surface area contributed by atoms with E-state index in [2.05, 4.69) is 0 Å². The van der Waals surface area contributed by atoms with Gasteiger partial charge in [-0.05, 0) is 39.0 Å². The molecule has 2 heterocycles. The first kappa shape index (κ1) is 12.2. The molecular formula is C12H20ClNO2. The highest BCUT2D eigenvalue weighted by molar-refractivity contribution is 6.18. The molecule has 0 saturated carbocycles. The van der Waals surface area contributed by atoms with Gasteiger partial charge in [0.25, 0.3) is 5.91 Å². The Kier molecular flexibility index (Phi) is 3.75. The number of amides is 1. The summed E-state index contributed by atoms with van der Waals surface area (Å²) in [5, 5.41) is 0. The number of likely N-dealkylation sites (tertiary alicyclic amines) is 1. The molecule has 0 aliphatic carbocycles. The van der Waals surface area contributed by atoms with Gasteiger partial charge in [0.1, 0.15) is 5.60 Å². The quantitative estimate of drug-likeness (QED) is 0.698. The summed E-state index contributed by atoms with van der Waals surface area (Å²) in [6.07, 6.45) is 5.14. The summed E-state index contributed by atoms with van der Waals surface area (Å²) < 4.78 is 5.61.